The van der Waals surface area contributed by atoms with Gasteiger partial charge in [-0.25, -0.2) is 4.79 Å². The van der Waals surface area contributed by atoms with Gasteiger partial charge < -0.3 is 15.4 Å². The highest BCUT2D eigenvalue weighted by Crippen LogP contribution is 2.29. The molecule has 182 valence electrons. The molecule has 0 saturated heterocycles. The van der Waals surface area contributed by atoms with Gasteiger partial charge in [-0.3, -0.25) is 4.79 Å². The van der Waals surface area contributed by atoms with E-state index in [1.165, 1.54) is 6.08 Å². The van der Waals surface area contributed by atoms with Crippen molar-refractivity contribution in [2.45, 2.75) is 27.2 Å². The summed E-state index contributed by atoms with van der Waals surface area (Å²) in [6.07, 6.45) is 10.8. The van der Waals surface area contributed by atoms with Crippen LogP contribution < -0.4 is 10.6 Å². The Bertz CT molecular complexity index is 1170. The van der Waals surface area contributed by atoms with E-state index in [4.69, 9.17) is 10.5 Å². The molecule has 0 unspecified atom stereocenters. The monoisotopic (exact) mass is 470 g/mol. The number of anilines is 2. The Morgan fingerprint density at radius 3 is 2.40 bits per heavy atom. The predicted octanol–water partition coefficient (Wildman–Crippen LogP) is 6.52. The van der Waals surface area contributed by atoms with E-state index in [2.05, 4.69) is 24.5 Å². The van der Waals surface area contributed by atoms with Gasteiger partial charge in [0.25, 0.3) is 0 Å². The predicted molar refractivity (Wildman–Crippen MR) is 146 cm³/mol. The molecular weight excluding hydrogens is 436 g/mol. The quantitative estimate of drug-likeness (QED) is 0.133. The molecule has 0 aliphatic rings. The van der Waals surface area contributed by atoms with Crippen LogP contribution in [0.4, 0.5) is 11.4 Å². The van der Waals surface area contributed by atoms with Crippen molar-refractivity contribution in [2.24, 2.45) is 0 Å². The van der Waals surface area contributed by atoms with Crippen molar-refractivity contribution < 1.29 is 14.3 Å². The second kappa shape index (κ2) is 13.6. The number of nitrogens with two attached hydrogens (primary N) is 1. The summed E-state index contributed by atoms with van der Waals surface area (Å²) in [5.41, 5.74) is 12.7. The molecule has 2 N–H and O–H groups in total. The SMILES string of the molecule is C=C(C(=C/C=C/C=O)/C=C(C)/C(=C\CC)N(C)c1ccc(C(=O)OCC)cc1)c1cccc(N)c1. The maximum absolute atomic E-state index is 12.0. The topological polar surface area (TPSA) is 72.6 Å². The Balaban J connectivity index is 2.43. The van der Waals surface area contributed by atoms with Crippen molar-refractivity contribution in [3.63, 3.8) is 0 Å². The van der Waals surface area contributed by atoms with Crippen molar-refractivity contribution >= 4 is 29.2 Å². The smallest absolute Gasteiger partial charge is 0.338 e. The van der Waals surface area contributed by atoms with E-state index in [0.29, 0.717) is 17.9 Å². The van der Waals surface area contributed by atoms with Gasteiger partial charge in [0.05, 0.1) is 12.2 Å². The Morgan fingerprint density at radius 1 is 1.09 bits per heavy atom. The summed E-state index contributed by atoms with van der Waals surface area (Å²) in [6.45, 7) is 10.5. The first kappa shape index (κ1) is 27.1. The van der Waals surface area contributed by atoms with Crippen LogP contribution >= 0.6 is 0 Å². The molecule has 0 atom stereocenters. The highest BCUT2D eigenvalue weighted by Gasteiger charge is 2.13. The number of nitrogen functional groups attached to an aromatic ring is 1. The van der Waals surface area contributed by atoms with Gasteiger partial charge in [-0.2, -0.15) is 0 Å². The normalized spacial score (nSPS) is 12.5. The van der Waals surface area contributed by atoms with Crippen LogP contribution in [0.3, 0.4) is 0 Å². The fraction of sp³-hybridized carbons (Fsp3) is 0.200. The number of benzene rings is 2. The minimum atomic E-state index is -0.333. The van der Waals surface area contributed by atoms with Gasteiger partial charge in [0.1, 0.15) is 6.29 Å². The lowest BCUT2D eigenvalue weighted by atomic mass is 9.96. The van der Waals surface area contributed by atoms with Crippen LogP contribution in [0.15, 0.2) is 102 Å². The summed E-state index contributed by atoms with van der Waals surface area (Å²) < 4.78 is 5.08. The average Bonchev–Trinajstić information content (AvgIpc) is 2.86. The second-order valence-electron chi connectivity index (χ2n) is 7.90. The number of rotatable bonds is 11. The fourth-order valence-electron chi connectivity index (χ4n) is 3.57. The van der Waals surface area contributed by atoms with Crippen molar-refractivity contribution in [3.8, 4) is 0 Å². The number of ether oxygens (including phenoxy) is 1. The molecule has 2 aromatic carbocycles. The van der Waals surface area contributed by atoms with Crippen LogP contribution in [0.25, 0.3) is 5.57 Å². The summed E-state index contributed by atoms with van der Waals surface area (Å²) >= 11 is 0. The Kier molecular flexibility index (Phi) is 10.5. The van der Waals surface area contributed by atoms with Crippen LogP contribution in [-0.4, -0.2) is 25.9 Å². The highest BCUT2D eigenvalue weighted by atomic mass is 16.5. The Hall–Kier alpha value is -4.12. The number of esters is 1. The summed E-state index contributed by atoms with van der Waals surface area (Å²) in [5, 5.41) is 0. The van der Waals surface area contributed by atoms with Crippen LogP contribution in [0.2, 0.25) is 0 Å². The minimum Gasteiger partial charge on any atom is -0.462 e. The maximum Gasteiger partial charge on any atom is 0.338 e. The third-order valence-electron chi connectivity index (χ3n) is 5.35. The third kappa shape index (κ3) is 7.71. The molecule has 5 heteroatoms. The average molecular weight is 471 g/mol. The van der Waals surface area contributed by atoms with E-state index in [-0.39, 0.29) is 5.97 Å². The van der Waals surface area contributed by atoms with Crippen molar-refractivity contribution in [3.05, 3.63) is 113 Å². The molecule has 0 fully saturated rings. The fourth-order valence-corrected chi connectivity index (χ4v) is 3.57. The first-order valence-corrected chi connectivity index (χ1v) is 11.6. The van der Waals surface area contributed by atoms with Crippen LogP contribution in [0.5, 0.6) is 0 Å². The lowest BCUT2D eigenvalue weighted by molar-refractivity contribution is -0.104. The molecule has 0 radical (unpaired) electrons. The highest BCUT2D eigenvalue weighted by molar-refractivity contribution is 5.90. The van der Waals surface area contributed by atoms with E-state index in [9.17, 15) is 9.59 Å². The van der Waals surface area contributed by atoms with Gasteiger partial charge in [0.15, 0.2) is 0 Å². The number of carbonyl (C=O) groups is 2. The van der Waals surface area contributed by atoms with Crippen LogP contribution in [0.1, 0.15) is 43.1 Å². The van der Waals surface area contributed by atoms with E-state index in [1.54, 1.807) is 25.1 Å². The molecule has 0 bridgehead atoms. The maximum atomic E-state index is 12.0. The lowest BCUT2D eigenvalue weighted by Crippen LogP contribution is -2.18. The zero-order valence-electron chi connectivity index (χ0n) is 21.0. The van der Waals surface area contributed by atoms with Crippen LogP contribution in [0, 0.1) is 0 Å². The van der Waals surface area contributed by atoms with Gasteiger partial charge in [-0.05, 0) is 91.1 Å². The second-order valence-corrected chi connectivity index (χ2v) is 7.90. The van der Waals surface area contributed by atoms with Crippen molar-refractivity contribution in [1.82, 2.24) is 0 Å². The zero-order chi connectivity index (χ0) is 25.8. The number of allylic oxidation sites excluding steroid dienone is 8. The van der Waals surface area contributed by atoms with Crippen molar-refractivity contribution in [1.29, 1.82) is 0 Å². The molecule has 0 spiro atoms. The number of hydrogen-bond donors (Lipinski definition) is 1. The molecule has 0 heterocycles. The van der Waals surface area contributed by atoms with E-state index < -0.39 is 0 Å². The van der Waals surface area contributed by atoms with E-state index in [0.717, 1.165) is 46.4 Å². The third-order valence-corrected chi connectivity index (χ3v) is 5.35. The summed E-state index contributed by atoms with van der Waals surface area (Å²) in [4.78, 5) is 24.9. The summed E-state index contributed by atoms with van der Waals surface area (Å²) in [5.74, 6) is -0.333. The molecule has 35 heavy (non-hydrogen) atoms. The van der Waals surface area contributed by atoms with E-state index >= 15 is 0 Å². The van der Waals surface area contributed by atoms with Gasteiger partial charge in [-0.15, -0.1) is 0 Å². The van der Waals surface area contributed by atoms with Gasteiger partial charge in [-0.1, -0.05) is 43.9 Å². The number of aldehydes is 1. The van der Waals surface area contributed by atoms with Crippen LogP contribution in [-0.2, 0) is 9.53 Å². The number of likely N-dealkylation sites (N-methyl/N-ethyl adjacent to an activating group) is 1. The largest absolute Gasteiger partial charge is 0.462 e. The molecule has 0 amide bonds. The lowest BCUT2D eigenvalue weighted by Gasteiger charge is -2.24. The number of carbonyl (C=O) groups excluding carboxylic acids is 2. The molecule has 0 aliphatic carbocycles. The first-order valence-electron chi connectivity index (χ1n) is 11.6. The van der Waals surface area contributed by atoms with E-state index in [1.807, 2.05) is 62.5 Å². The molecular formula is C30H34N2O3. The first-order chi connectivity index (χ1) is 16.8. The van der Waals surface area contributed by atoms with Crippen molar-refractivity contribution in [2.75, 3.05) is 24.3 Å². The van der Waals surface area contributed by atoms with Gasteiger partial charge >= 0.3 is 5.97 Å². The number of nitrogens with zero attached hydrogens (tertiary/aromatic N) is 1. The van der Waals surface area contributed by atoms with Gasteiger partial charge in [0, 0.05) is 24.1 Å². The molecule has 2 rings (SSSR count). The molecule has 0 aliphatic heterocycles. The molecule has 2 aromatic rings. The molecule has 0 aromatic heterocycles. The summed E-state index contributed by atoms with van der Waals surface area (Å²) in [7, 11) is 1.99. The Labute approximate surface area is 208 Å². The number of hydrogen-bond acceptors (Lipinski definition) is 5. The molecule has 5 nitrogen and oxygen atoms in total. The Morgan fingerprint density at radius 2 is 1.80 bits per heavy atom. The summed E-state index contributed by atoms with van der Waals surface area (Å²) in [6, 6.07) is 14.9. The molecule has 0 saturated carbocycles. The minimum absolute atomic E-state index is 0.333. The zero-order valence-corrected chi connectivity index (χ0v) is 21.0. The van der Waals surface area contributed by atoms with Gasteiger partial charge in [0.2, 0.25) is 0 Å². The standard InChI is InChI=1S/C30H34N2O3/c1-6-11-29(32(5)28-17-15-24(16-18-28)30(34)35-7-2)22(3)20-25(12-8-9-19-33)23(4)26-13-10-14-27(31)21-26/h8-21H,4,6-7,31H2,1-3,5H3/b9-8+,22-20+,25-12+,29-11+.